The Morgan fingerprint density at radius 2 is 2.09 bits per heavy atom. The highest BCUT2D eigenvalue weighted by Crippen LogP contribution is 2.37. The standard InChI is InChI=1S/C15H20N6O/c1-6-20-10(4)12(9(3)19-20)14-13(11(5)22)8(2)18-15-16-7-17-21(14)15/h7,14H,6H2,1-5H3,(H,16,17,18)/t14-/m0/s1. The van der Waals surface area contributed by atoms with Crippen molar-refractivity contribution in [2.75, 3.05) is 5.32 Å². The monoisotopic (exact) mass is 300 g/mol. The van der Waals surface area contributed by atoms with Crippen LogP contribution in [0.5, 0.6) is 0 Å². The summed E-state index contributed by atoms with van der Waals surface area (Å²) < 4.78 is 3.72. The number of aryl methyl sites for hydroxylation is 2. The van der Waals surface area contributed by atoms with E-state index >= 15 is 0 Å². The van der Waals surface area contributed by atoms with Crippen molar-refractivity contribution in [2.24, 2.45) is 0 Å². The molecule has 0 amide bonds. The van der Waals surface area contributed by atoms with E-state index in [1.165, 1.54) is 6.33 Å². The first-order valence-electron chi connectivity index (χ1n) is 7.37. The quantitative estimate of drug-likeness (QED) is 0.938. The number of allylic oxidation sites excluding steroid dienone is 2. The molecule has 1 aliphatic rings. The molecule has 1 atom stereocenters. The molecule has 0 aliphatic carbocycles. The van der Waals surface area contributed by atoms with Crippen LogP contribution in [0.2, 0.25) is 0 Å². The van der Waals surface area contributed by atoms with Crippen LogP contribution < -0.4 is 5.32 Å². The van der Waals surface area contributed by atoms with Crippen LogP contribution in [0.3, 0.4) is 0 Å². The highest BCUT2D eigenvalue weighted by Gasteiger charge is 2.35. The topological polar surface area (TPSA) is 77.6 Å². The fourth-order valence-corrected chi connectivity index (χ4v) is 3.23. The van der Waals surface area contributed by atoms with Crippen LogP contribution in [0.25, 0.3) is 0 Å². The average molecular weight is 300 g/mol. The SMILES string of the molecule is CCn1nc(C)c([C@H]2C(C(C)=O)=C(C)Nc3ncnn32)c1C. The van der Waals surface area contributed by atoms with Crippen molar-refractivity contribution in [3.63, 3.8) is 0 Å². The number of carbonyl (C=O) groups is 1. The van der Waals surface area contributed by atoms with E-state index in [2.05, 4.69) is 27.4 Å². The number of hydrogen-bond acceptors (Lipinski definition) is 5. The summed E-state index contributed by atoms with van der Waals surface area (Å²) in [4.78, 5) is 16.5. The van der Waals surface area contributed by atoms with E-state index in [9.17, 15) is 4.79 Å². The molecule has 0 spiro atoms. The minimum absolute atomic E-state index is 0.0270. The predicted octanol–water partition coefficient (Wildman–Crippen LogP) is 1.99. The molecule has 3 rings (SSSR count). The maximum absolute atomic E-state index is 12.2. The lowest BCUT2D eigenvalue weighted by atomic mass is 9.92. The summed E-state index contributed by atoms with van der Waals surface area (Å²) in [5.74, 6) is 0.676. The fourth-order valence-electron chi connectivity index (χ4n) is 3.23. The number of ketones is 1. The van der Waals surface area contributed by atoms with Crippen LogP contribution >= 0.6 is 0 Å². The number of hydrogen-bond donors (Lipinski definition) is 1. The summed E-state index contributed by atoms with van der Waals surface area (Å²) in [6.07, 6.45) is 1.50. The van der Waals surface area contributed by atoms with E-state index in [1.54, 1.807) is 11.6 Å². The molecule has 116 valence electrons. The summed E-state index contributed by atoms with van der Waals surface area (Å²) in [5.41, 5.74) is 4.53. The summed E-state index contributed by atoms with van der Waals surface area (Å²) in [6.45, 7) is 10.3. The first-order chi connectivity index (χ1) is 10.5. The molecule has 0 saturated heterocycles. The van der Waals surface area contributed by atoms with Crippen LogP contribution in [0.4, 0.5) is 5.95 Å². The minimum atomic E-state index is -0.281. The molecule has 0 aromatic carbocycles. The Labute approximate surface area is 129 Å². The summed E-state index contributed by atoms with van der Waals surface area (Å²) in [5, 5.41) is 12.1. The second-order valence-electron chi connectivity index (χ2n) is 5.55. The molecule has 7 heteroatoms. The van der Waals surface area contributed by atoms with Gasteiger partial charge in [0.15, 0.2) is 5.78 Å². The Hall–Kier alpha value is -2.44. The molecule has 3 heterocycles. The fraction of sp³-hybridized carbons (Fsp3) is 0.467. The van der Waals surface area contributed by atoms with E-state index in [0.29, 0.717) is 11.5 Å². The Morgan fingerprint density at radius 1 is 1.36 bits per heavy atom. The molecule has 0 saturated carbocycles. The van der Waals surface area contributed by atoms with Gasteiger partial charge in [-0.3, -0.25) is 9.48 Å². The predicted molar refractivity (Wildman–Crippen MR) is 82.5 cm³/mol. The third kappa shape index (κ3) is 1.96. The number of anilines is 1. The van der Waals surface area contributed by atoms with Gasteiger partial charge in [-0.1, -0.05) is 0 Å². The average Bonchev–Trinajstić information content (AvgIpc) is 3.01. The van der Waals surface area contributed by atoms with Gasteiger partial charge in [0, 0.05) is 29.1 Å². The van der Waals surface area contributed by atoms with Gasteiger partial charge in [-0.15, -0.1) is 0 Å². The third-order valence-electron chi connectivity index (χ3n) is 4.18. The molecule has 1 N–H and O–H groups in total. The zero-order valence-electron chi connectivity index (χ0n) is 13.5. The number of Topliss-reactive ketones (excluding diaryl/α,β-unsaturated/α-hetero) is 1. The van der Waals surface area contributed by atoms with Crippen molar-refractivity contribution in [2.45, 2.75) is 47.2 Å². The van der Waals surface area contributed by atoms with Gasteiger partial charge in [0.25, 0.3) is 0 Å². The first kappa shape index (κ1) is 14.5. The molecule has 0 unspecified atom stereocenters. The van der Waals surface area contributed by atoms with Gasteiger partial charge in [0.1, 0.15) is 12.4 Å². The van der Waals surface area contributed by atoms with Gasteiger partial charge in [-0.25, -0.2) is 4.68 Å². The Bertz CT molecular complexity index is 782. The van der Waals surface area contributed by atoms with Gasteiger partial charge in [0.2, 0.25) is 5.95 Å². The molecule has 1 aliphatic heterocycles. The lowest BCUT2D eigenvalue weighted by Crippen LogP contribution is -2.28. The van der Waals surface area contributed by atoms with Crippen molar-refractivity contribution >= 4 is 11.7 Å². The van der Waals surface area contributed by atoms with Gasteiger partial charge in [0.05, 0.1) is 5.69 Å². The maximum Gasteiger partial charge on any atom is 0.226 e. The third-order valence-corrected chi connectivity index (χ3v) is 4.18. The maximum atomic E-state index is 12.2. The highest BCUT2D eigenvalue weighted by atomic mass is 16.1. The number of fused-ring (bicyclic) bond motifs is 1. The minimum Gasteiger partial charge on any atom is -0.328 e. The molecule has 2 aromatic heterocycles. The van der Waals surface area contributed by atoms with Gasteiger partial charge in [-0.2, -0.15) is 15.2 Å². The molecule has 0 fully saturated rings. The summed E-state index contributed by atoms with van der Waals surface area (Å²) >= 11 is 0. The van der Waals surface area contributed by atoms with E-state index in [-0.39, 0.29) is 11.8 Å². The Kier molecular flexibility index (Phi) is 3.35. The first-order valence-corrected chi connectivity index (χ1v) is 7.37. The number of nitrogens with zero attached hydrogens (tertiary/aromatic N) is 5. The normalized spacial score (nSPS) is 17.4. The van der Waals surface area contributed by atoms with Crippen LogP contribution in [0.15, 0.2) is 17.6 Å². The van der Waals surface area contributed by atoms with E-state index in [4.69, 9.17) is 0 Å². The van der Waals surface area contributed by atoms with Crippen molar-refractivity contribution in [1.82, 2.24) is 24.5 Å². The van der Waals surface area contributed by atoms with E-state index < -0.39 is 0 Å². The largest absolute Gasteiger partial charge is 0.328 e. The van der Waals surface area contributed by atoms with Gasteiger partial charge < -0.3 is 5.32 Å². The molecular formula is C15H20N6O. The van der Waals surface area contributed by atoms with E-state index in [0.717, 1.165) is 29.2 Å². The van der Waals surface area contributed by atoms with Crippen molar-refractivity contribution in [1.29, 1.82) is 0 Å². The lowest BCUT2D eigenvalue weighted by Gasteiger charge is -2.28. The molecular weight excluding hydrogens is 280 g/mol. The molecule has 22 heavy (non-hydrogen) atoms. The van der Waals surface area contributed by atoms with Crippen LogP contribution in [-0.4, -0.2) is 30.3 Å². The smallest absolute Gasteiger partial charge is 0.226 e. The number of carbonyl (C=O) groups excluding carboxylic acids is 1. The lowest BCUT2D eigenvalue weighted by molar-refractivity contribution is -0.114. The second-order valence-corrected chi connectivity index (χ2v) is 5.55. The van der Waals surface area contributed by atoms with Crippen molar-refractivity contribution < 1.29 is 4.79 Å². The van der Waals surface area contributed by atoms with Crippen LogP contribution in [-0.2, 0) is 11.3 Å². The molecule has 0 radical (unpaired) electrons. The van der Waals surface area contributed by atoms with Gasteiger partial charge in [-0.05, 0) is 34.6 Å². The summed E-state index contributed by atoms with van der Waals surface area (Å²) in [6, 6.07) is -0.281. The molecule has 2 aromatic rings. The molecule has 7 nitrogen and oxygen atoms in total. The summed E-state index contributed by atoms with van der Waals surface area (Å²) in [7, 11) is 0. The van der Waals surface area contributed by atoms with Crippen molar-refractivity contribution in [3.05, 3.63) is 34.5 Å². The second kappa shape index (κ2) is 5.08. The van der Waals surface area contributed by atoms with Crippen LogP contribution in [0.1, 0.15) is 43.8 Å². The zero-order chi connectivity index (χ0) is 16.0. The number of aromatic nitrogens is 5. The number of nitrogens with one attached hydrogen (secondary N) is 1. The highest BCUT2D eigenvalue weighted by molar-refractivity contribution is 5.96. The van der Waals surface area contributed by atoms with Crippen LogP contribution in [0, 0.1) is 13.8 Å². The van der Waals surface area contributed by atoms with E-state index in [1.807, 2.05) is 25.5 Å². The zero-order valence-corrected chi connectivity index (χ0v) is 13.5. The van der Waals surface area contributed by atoms with Gasteiger partial charge >= 0.3 is 0 Å². The Morgan fingerprint density at radius 3 is 2.68 bits per heavy atom. The number of rotatable bonds is 3. The Balaban J connectivity index is 2.28. The van der Waals surface area contributed by atoms with Crippen molar-refractivity contribution in [3.8, 4) is 0 Å². The molecule has 0 bridgehead atoms.